The van der Waals surface area contributed by atoms with Gasteiger partial charge in [-0.25, -0.2) is 0 Å². The van der Waals surface area contributed by atoms with Crippen molar-refractivity contribution >= 4 is 0 Å². The van der Waals surface area contributed by atoms with Crippen molar-refractivity contribution in [2.75, 3.05) is 13.2 Å². The number of aliphatic hydroxyl groups excluding tert-OH is 1. The van der Waals surface area contributed by atoms with Crippen molar-refractivity contribution in [3.8, 4) is 11.1 Å². The first-order chi connectivity index (χ1) is 9.36. The quantitative estimate of drug-likeness (QED) is 0.849. The summed E-state index contributed by atoms with van der Waals surface area (Å²) in [5.41, 5.74) is 4.50. The van der Waals surface area contributed by atoms with Crippen LogP contribution in [0.15, 0.2) is 66.2 Å². The Kier molecular flexibility index (Phi) is 3.45. The second-order valence-electron chi connectivity index (χ2n) is 4.70. The van der Waals surface area contributed by atoms with E-state index in [0.29, 0.717) is 6.61 Å². The zero-order valence-electron chi connectivity index (χ0n) is 10.6. The van der Waals surface area contributed by atoms with E-state index in [2.05, 4.69) is 36.4 Å². The Labute approximate surface area is 113 Å². The molecular formula is C17H16O2. The maximum Gasteiger partial charge on any atom is 0.101 e. The lowest BCUT2D eigenvalue weighted by molar-refractivity contribution is 0.123. The van der Waals surface area contributed by atoms with Crippen LogP contribution in [-0.2, 0) is 4.74 Å². The average Bonchev–Trinajstić information content (AvgIpc) is 2.97. The minimum absolute atomic E-state index is 0.0213. The average molecular weight is 252 g/mol. The highest BCUT2D eigenvalue weighted by Gasteiger charge is 2.17. The molecule has 2 aromatic rings. The molecule has 0 amide bonds. The van der Waals surface area contributed by atoms with Crippen LogP contribution in [0, 0.1) is 0 Å². The van der Waals surface area contributed by atoms with Gasteiger partial charge in [-0.2, -0.15) is 0 Å². The van der Waals surface area contributed by atoms with Crippen LogP contribution in [0.4, 0.5) is 0 Å². The standard InChI is InChI=1S/C17H16O2/c18-11-13-10-17(19-12-13)16-8-6-15(7-9-16)14-4-2-1-3-5-14/h1-10,17-18H,11-12H2/t17-/m1/s1. The lowest BCUT2D eigenvalue weighted by Gasteiger charge is -2.09. The molecule has 0 aliphatic carbocycles. The zero-order chi connectivity index (χ0) is 13.1. The predicted molar refractivity (Wildman–Crippen MR) is 75.7 cm³/mol. The van der Waals surface area contributed by atoms with Crippen LogP contribution in [0.1, 0.15) is 11.7 Å². The fraction of sp³-hybridized carbons (Fsp3) is 0.176. The van der Waals surface area contributed by atoms with E-state index in [0.717, 1.165) is 11.1 Å². The molecule has 96 valence electrons. The molecule has 2 aromatic carbocycles. The Morgan fingerprint density at radius 1 is 0.947 bits per heavy atom. The van der Waals surface area contributed by atoms with Crippen LogP contribution in [-0.4, -0.2) is 18.3 Å². The van der Waals surface area contributed by atoms with Crippen molar-refractivity contribution in [2.45, 2.75) is 6.10 Å². The van der Waals surface area contributed by atoms with Gasteiger partial charge in [0.2, 0.25) is 0 Å². The number of hydrogen-bond donors (Lipinski definition) is 1. The Morgan fingerprint density at radius 3 is 2.26 bits per heavy atom. The van der Waals surface area contributed by atoms with Crippen molar-refractivity contribution in [1.29, 1.82) is 0 Å². The van der Waals surface area contributed by atoms with Crippen LogP contribution in [0.2, 0.25) is 0 Å². The molecule has 3 rings (SSSR count). The molecule has 0 unspecified atom stereocenters. The summed E-state index contributed by atoms with van der Waals surface area (Å²) in [6, 6.07) is 18.7. The molecule has 1 aliphatic heterocycles. The van der Waals surface area contributed by atoms with Crippen molar-refractivity contribution < 1.29 is 9.84 Å². The molecule has 0 fully saturated rings. The van der Waals surface area contributed by atoms with Crippen molar-refractivity contribution in [2.24, 2.45) is 0 Å². The third-order valence-corrected chi connectivity index (χ3v) is 3.38. The number of hydrogen-bond acceptors (Lipinski definition) is 2. The summed E-state index contributed by atoms with van der Waals surface area (Å²) in [5, 5.41) is 9.08. The number of benzene rings is 2. The molecule has 0 saturated carbocycles. The molecule has 0 radical (unpaired) electrons. The van der Waals surface area contributed by atoms with E-state index in [4.69, 9.17) is 9.84 Å². The second-order valence-corrected chi connectivity index (χ2v) is 4.70. The summed E-state index contributed by atoms with van der Waals surface area (Å²) in [7, 11) is 0. The minimum Gasteiger partial charge on any atom is -0.392 e. The number of rotatable bonds is 3. The first-order valence-corrected chi connectivity index (χ1v) is 6.44. The van der Waals surface area contributed by atoms with E-state index in [1.54, 1.807) is 0 Å². The van der Waals surface area contributed by atoms with E-state index in [9.17, 15) is 0 Å². The van der Waals surface area contributed by atoms with Gasteiger partial charge in [-0.15, -0.1) is 0 Å². The summed E-state index contributed by atoms with van der Waals surface area (Å²) < 4.78 is 5.64. The van der Waals surface area contributed by atoms with E-state index < -0.39 is 0 Å². The summed E-state index contributed by atoms with van der Waals surface area (Å²) in [6.07, 6.45) is 1.98. The highest BCUT2D eigenvalue weighted by molar-refractivity contribution is 5.63. The summed E-state index contributed by atoms with van der Waals surface area (Å²) in [6.45, 7) is 0.611. The normalized spacial score (nSPS) is 18.4. The van der Waals surface area contributed by atoms with E-state index in [-0.39, 0.29) is 12.7 Å². The molecule has 2 heteroatoms. The SMILES string of the molecule is OCC1=C[C@H](c2ccc(-c3ccccc3)cc2)OC1. The molecule has 0 aromatic heterocycles. The minimum atomic E-state index is -0.0213. The van der Waals surface area contributed by atoms with Gasteiger partial charge in [-0.1, -0.05) is 54.6 Å². The topological polar surface area (TPSA) is 29.5 Å². The van der Waals surface area contributed by atoms with Gasteiger partial charge in [0.1, 0.15) is 6.10 Å². The Balaban J connectivity index is 1.82. The second kappa shape index (κ2) is 5.39. The number of aliphatic hydroxyl groups is 1. The van der Waals surface area contributed by atoms with E-state index >= 15 is 0 Å². The largest absolute Gasteiger partial charge is 0.392 e. The van der Waals surface area contributed by atoms with Crippen molar-refractivity contribution in [3.05, 3.63) is 71.8 Å². The highest BCUT2D eigenvalue weighted by atomic mass is 16.5. The Hall–Kier alpha value is -1.90. The zero-order valence-corrected chi connectivity index (χ0v) is 10.6. The first-order valence-electron chi connectivity index (χ1n) is 6.44. The number of ether oxygens (including phenoxy) is 1. The van der Waals surface area contributed by atoms with Crippen LogP contribution in [0.5, 0.6) is 0 Å². The van der Waals surface area contributed by atoms with Crippen LogP contribution in [0.3, 0.4) is 0 Å². The fourth-order valence-electron chi connectivity index (χ4n) is 2.29. The third kappa shape index (κ3) is 2.60. The maximum absolute atomic E-state index is 9.08. The summed E-state index contributed by atoms with van der Waals surface area (Å²) in [5.74, 6) is 0. The van der Waals surface area contributed by atoms with Gasteiger partial charge in [0.05, 0.1) is 13.2 Å². The summed E-state index contributed by atoms with van der Waals surface area (Å²) in [4.78, 5) is 0. The first kappa shape index (κ1) is 12.2. The van der Waals surface area contributed by atoms with E-state index in [1.165, 1.54) is 11.1 Å². The molecule has 1 heterocycles. The molecule has 1 N–H and O–H groups in total. The van der Waals surface area contributed by atoms with Crippen LogP contribution in [0.25, 0.3) is 11.1 Å². The Bertz CT molecular complexity index is 570. The van der Waals surface area contributed by atoms with E-state index in [1.807, 2.05) is 24.3 Å². The molecule has 19 heavy (non-hydrogen) atoms. The third-order valence-electron chi connectivity index (χ3n) is 3.38. The predicted octanol–water partition coefficient (Wildman–Crippen LogP) is 3.34. The molecule has 0 saturated heterocycles. The fourth-order valence-corrected chi connectivity index (χ4v) is 2.29. The molecular weight excluding hydrogens is 236 g/mol. The highest BCUT2D eigenvalue weighted by Crippen LogP contribution is 2.28. The van der Waals surface area contributed by atoms with Gasteiger partial charge in [0, 0.05) is 0 Å². The molecule has 0 bridgehead atoms. The smallest absolute Gasteiger partial charge is 0.101 e. The van der Waals surface area contributed by atoms with Gasteiger partial charge < -0.3 is 9.84 Å². The molecule has 1 atom stereocenters. The van der Waals surface area contributed by atoms with Crippen molar-refractivity contribution in [3.63, 3.8) is 0 Å². The van der Waals surface area contributed by atoms with Gasteiger partial charge in [-0.05, 0) is 28.3 Å². The molecule has 0 spiro atoms. The van der Waals surface area contributed by atoms with Crippen LogP contribution >= 0.6 is 0 Å². The monoisotopic (exact) mass is 252 g/mol. The van der Waals surface area contributed by atoms with Gasteiger partial charge in [0.25, 0.3) is 0 Å². The summed E-state index contributed by atoms with van der Waals surface area (Å²) >= 11 is 0. The van der Waals surface area contributed by atoms with Gasteiger partial charge >= 0.3 is 0 Å². The van der Waals surface area contributed by atoms with Crippen LogP contribution < -0.4 is 0 Å². The Morgan fingerprint density at radius 2 is 1.63 bits per heavy atom. The molecule has 1 aliphatic rings. The van der Waals surface area contributed by atoms with Gasteiger partial charge in [-0.3, -0.25) is 0 Å². The maximum atomic E-state index is 9.08. The lowest BCUT2D eigenvalue weighted by atomic mass is 10.0. The van der Waals surface area contributed by atoms with Crippen molar-refractivity contribution in [1.82, 2.24) is 0 Å². The lowest BCUT2D eigenvalue weighted by Crippen LogP contribution is -1.96. The molecule has 2 nitrogen and oxygen atoms in total. The van der Waals surface area contributed by atoms with Gasteiger partial charge in [0.15, 0.2) is 0 Å².